The molecule has 4 heteroatoms. The van der Waals surface area contributed by atoms with Crippen molar-refractivity contribution in [2.24, 2.45) is 0 Å². The molecular weight excluding hydrogens is 272 g/mol. The van der Waals surface area contributed by atoms with E-state index in [1.165, 1.54) is 0 Å². The summed E-state index contributed by atoms with van der Waals surface area (Å²) in [6, 6.07) is 13.0. The molecule has 0 bridgehead atoms. The zero-order chi connectivity index (χ0) is 14.4. The van der Waals surface area contributed by atoms with Crippen LogP contribution in [0.4, 0.5) is 0 Å². The largest absolute Gasteiger partial charge is 0.508 e. The van der Waals surface area contributed by atoms with Gasteiger partial charge in [-0.3, -0.25) is 0 Å². The van der Waals surface area contributed by atoms with Crippen LogP contribution in [0.2, 0.25) is 0 Å². The first-order chi connectivity index (χ1) is 9.71. The van der Waals surface area contributed by atoms with Crippen molar-refractivity contribution in [1.82, 2.24) is 0 Å². The van der Waals surface area contributed by atoms with Crippen LogP contribution in [-0.4, -0.2) is 19.3 Å². The fourth-order valence-corrected chi connectivity index (χ4v) is 2.41. The first-order valence-electron chi connectivity index (χ1n) is 6.06. The number of phenolic OH excluding ortho intramolecular Hbond substituents is 1. The van der Waals surface area contributed by atoms with Crippen LogP contribution < -0.4 is 9.47 Å². The molecule has 2 aromatic rings. The number of phenols is 1. The minimum Gasteiger partial charge on any atom is -0.508 e. The summed E-state index contributed by atoms with van der Waals surface area (Å²) in [5.41, 5.74) is 0.886. The van der Waals surface area contributed by atoms with Gasteiger partial charge in [0.2, 0.25) is 0 Å². The summed E-state index contributed by atoms with van der Waals surface area (Å²) in [6.45, 7) is 0. The molecule has 2 rings (SSSR count). The van der Waals surface area contributed by atoms with E-state index in [4.69, 9.17) is 9.47 Å². The third-order valence-electron chi connectivity index (χ3n) is 2.66. The molecular formula is C16H16O3S. The van der Waals surface area contributed by atoms with Gasteiger partial charge in [0.05, 0.1) is 14.2 Å². The van der Waals surface area contributed by atoms with Crippen LogP contribution in [-0.2, 0) is 0 Å². The van der Waals surface area contributed by atoms with Gasteiger partial charge in [-0.05, 0) is 47.4 Å². The zero-order valence-electron chi connectivity index (χ0n) is 11.4. The summed E-state index contributed by atoms with van der Waals surface area (Å²) >= 11 is 1.58. The lowest BCUT2D eigenvalue weighted by molar-refractivity contribution is 0.407. The SMILES string of the molecule is COc1cc(O)cc(/C=C/Sc2cccc(OC)c2)c1. The number of methoxy groups -OCH3 is 2. The third-order valence-corrected chi connectivity index (χ3v) is 3.45. The average Bonchev–Trinajstić information content (AvgIpc) is 2.47. The number of benzene rings is 2. The Morgan fingerprint density at radius 2 is 1.80 bits per heavy atom. The van der Waals surface area contributed by atoms with Gasteiger partial charge in [0.15, 0.2) is 0 Å². The topological polar surface area (TPSA) is 38.7 Å². The molecule has 1 N–H and O–H groups in total. The second-order valence-electron chi connectivity index (χ2n) is 4.06. The van der Waals surface area contributed by atoms with Crippen LogP contribution in [0, 0.1) is 0 Å². The van der Waals surface area contributed by atoms with E-state index in [1.807, 2.05) is 41.8 Å². The van der Waals surface area contributed by atoms with E-state index in [1.54, 1.807) is 38.1 Å². The van der Waals surface area contributed by atoms with Crippen molar-refractivity contribution in [3.63, 3.8) is 0 Å². The number of thioether (sulfide) groups is 1. The quantitative estimate of drug-likeness (QED) is 0.838. The smallest absolute Gasteiger partial charge is 0.123 e. The Hall–Kier alpha value is -2.07. The predicted octanol–water partition coefficient (Wildman–Crippen LogP) is 4.17. The van der Waals surface area contributed by atoms with Gasteiger partial charge in [0.1, 0.15) is 17.2 Å². The van der Waals surface area contributed by atoms with Gasteiger partial charge in [0, 0.05) is 11.0 Å². The van der Waals surface area contributed by atoms with Crippen molar-refractivity contribution in [3.8, 4) is 17.2 Å². The Balaban J connectivity index is 2.07. The van der Waals surface area contributed by atoms with Gasteiger partial charge in [-0.15, -0.1) is 0 Å². The first kappa shape index (κ1) is 14.3. The number of ether oxygens (including phenoxy) is 2. The summed E-state index contributed by atoms with van der Waals surface area (Å²) in [6.07, 6.45) is 1.92. The lowest BCUT2D eigenvalue weighted by atomic mass is 10.2. The van der Waals surface area contributed by atoms with Crippen molar-refractivity contribution in [2.75, 3.05) is 14.2 Å². The maximum atomic E-state index is 9.57. The van der Waals surface area contributed by atoms with E-state index in [9.17, 15) is 5.11 Å². The molecule has 0 saturated heterocycles. The highest BCUT2D eigenvalue weighted by atomic mass is 32.2. The van der Waals surface area contributed by atoms with Crippen LogP contribution in [0.5, 0.6) is 17.2 Å². The molecule has 0 radical (unpaired) electrons. The monoisotopic (exact) mass is 288 g/mol. The maximum absolute atomic E-state index is 9.57. The van der Waals surface area contributed by atoms with Crippen molar-refractivity contribution in [1.29, 1.82) is 0 Å². The summed E-state index contributed by atoms with van der Waals surface area (Å²) in [7, 11) is 3.23. The predicted molar refractivity (Wildman–Crippen MR) is 82.5 cm³/mol. The molecule has 0 spiro atoms. The van der Waals surface area contributed by atoms with Crippen LogP contribution >= 0.6 is 11.8 Å². The van der Waals surface area contributed by atoms with Crippen LogP contribution in [0.3, 0.4) is 0 Å². The van der Waals surface area contributed by atoms with E-state index in [0.29, 0.717) is 5.75 Å². The molecule has 0 amide bonds. The molecule has 0 heterocycles. The molecule has 0 aliphatic heterocycles. The van der Waals surface area contributed by atoms with E-state index in [-0.39, 0.29) is 5.75 Å². The number of rotatable bonds is 5. The van der Waals surface area contributed by atoms with Gasteiger partial charge in [-0.1, -0.05) is 17.8 Å². The van der Waals surface area contributed by atoms with Gasteiger partial charge < -0.3 is 14.6 Å². The summed E-state index contributed by atoms with van der Waals surface area (Å²) in [5, 5.41) is 11.5. The molecule has 3 nitrogen and oxygen atoms in total. The maximum Gasteiger partial charge on any atom is 0.123 e. The molecule has 0 aliphatic carbocycles. The second kappa shape index (κ2) is 6.91. The van der Waals surface area contributed by atoms with Crippen LogP contribution in [0.25, 0.3) is 6.08 Å². The molecule has 0 fully saturated rings. The number of aromatic hydroxyl groups is 1. The van der Waals surface area contributed by atoms with E-state index in [0.717, 1.165) is 16.2 Å². The molecule has 2 aromatic carbocycles. The zero-order valence-corrected chi connectivity index (χ0v) is 12.2. The minimum atomic E-state index is 0.190. The summed E-state index contributed by atoms with van der Waals surface area (Å²) in [5.74, 6) is 1.66. The minimum absolute atomic E-state index is 0.190. The lowest BCUT2D eigenvalue weighted by Gasteiger charge is -2.03. The second-order valence-corrected chi connectivity index (χ2v) is 5.04. The summed E-state index contributed by atoms with van der Waals surface area (Å²) < 4.78 is 10.3. The van der Waals surface area contributed by atoms with Gasteiger partial charge in [-0.2, -0.15) is 0 Å². The molecule has 0 saturated carbocycles. The Kier molecular flexibility index (Phi) is 4.96. The molecule has 20 heavy (non-hydrogen) atoms. The van der Waals surface area contributed by atoms with Gasteiger partial charge in [-0.25, -0.2) is 0 Å². The number of hydrogen-bond acceptors (Lipinski definition) is 4. The van der Waals surface area contributed by atoms with Crippen molar-refractivity contribution in [3.05, 3.63) is 53.4 Å². The van der Waals surface area contributed by atoms with Gasteiger partial charge in [0.25, 0.3) is 0 Å². The average molecular weight is 288 g/mol. The Labute approximate surface area is 122 Å². The van der Waals surface area contributed by atoms with E-state index >= 15 is 0 Å². The first-order valence-corrected chi connectivity index (χ1v) is 6.94. The molecule has 104 valence electrons. The van der Waals surface area contributed by atoms with Crippen molar-refractivity contribution in [2.45, 2.75) is 4.90 Å². The molecule has 0 atom stereocenters. The fraction of sp³-hybridized carbons (Fsp3) is 0.125. The normalized spacial score (nSPS) is 10.7. The Morgan fingerprint density at radius 3 is 2.55 bits per heavy atom. The van der Waals surface area contributed by atoms with Crippen LogP contribution in [0.15, 0.2) is 52.8 Å². The number of hydrogen-bond donors (Lipinski definition) is 1. The highest BCUT2D eigenvalue weighted by Crippen LogP contribution is 2.26. The highest BCUT2D eigenvalue weighted by molar-refractivity contribution is 8.02. The van der Waals surface area contributed by atoms with Gasteiger partial charge >= 0.3 is 0 Å². The lowest BCUT2D eigenvalue weighted by Crippen LogP contribution is -1.83. The van der Waals surface area contributed by atoms with E-state index in [2.05, 4.69) is 0 Å². The third kappa shape index (κ3) is 3.96. The van der Waals surface area contributed by atoms with Crippen molar-refractivity contribution < 1.29 is 14.6 Å². The molecule has 0 aliphatic rings. The van der Waals surface area contributed by atoms with Crippen LogP contribution in [0.1, 0.15) is 5.56 Å². The standard InChI is InChI=1S/C16H16O3S/c1-18-14-4-3-5-16(11-14)20-7-6-12-8-13(17)10-15(9-12)19-2/h3-11,17H,1-2H3/b7-6+. The Bertz CT molecular complexity index is 608. The Morgan fingerprint density at radius 1 is 1.00 bits per heavy atom. The van der Waals surface area contributed by atoms with E-state index < -0.39 is 0 Å². The molecule has 0 aromatic heterocycles. The van der Waals surface area contributed by atoms with Crippen molar-refractivity contribution >= 4 is 17.8 Å². The molecule has 0 unspecified atom stereocenters. The fourth-order valence-electron chi connectivity index (χ4n) is 1.69. The summed E-state index contributed by atoms with van der Waals surface area (Å²) in [4.78, 5) is 1.09. The highest BCUT2D eigenvalue weighted by Gasteiger charge is 1.98.